The number of fused-ring (bicyclic) bond motifs is 1. The second kappa shape index (κ2) is 6.36. The summed E-state index contributed by atoms with van der Waals surface area (Å²) < 4.78 is 28.3. The molecule has 1 aromatic carbocycles. The van der Waals surface area contributed by atoms with E-state index in [1.54, 1.807) is 6.07 Å². The third kappa shape index (κ3) is 3.40. The Morgan fingerprint density at radius 3 is 2.71 bits per heavy atom. The Hall–Kier alpha value is -1.07. The smallest absolute Gasteiger partial charge is 0.241 e. The van der Waals surface area contributed by atoms with E-state index in [4.69, 9.17) is 0 Å². The number of aryl methyl sites for hydroxylation is 1. The number of rotatable bonds is 5. The van der Waals surface area contributed by atoms with Crippen LogP contribution < -0.4 is 10.0 Å². The van der Waals surface area contributed by atoms with Crippen LogP contribution in [0.3, 0.4) is 0 Å². The fourth-order valence-corrected chi connectivity index (χ4v) is 4.37. The van der Waals surface area contributed by atoms with Crippen LogP contribution in [0.1, 0.15) is 44.7 Å². The minimum absolute atomic E-state index is 0.0616. The Morgan fingerprint density at radius 1 is 1.33 bits per heavy atom. The van der Waals surface area contributed by atoms with Gasteiger partial charge in [0.05, 0.1) is 4.90 Å². The van der Waals surface area contributed by atoms with Crippen LogP contribution in [0.2, 0.25) is 0 Å². The molecule has 4 nitrogen and oxygen atoms in total. The molecular formula is C16H26N2O2S. The summed E-state index contributed by atoms with van der Waals surface area (Å²) in [5.74, 6) is 0.319. The third-order valence-electron chi connectivity index (χ3n) is 4.51. The summed E-state index contributed by atoms with van der Waals surface area (Å²) in [6, 6.07) is 3.57. The molecule has 2 atom stereocenters. The first-order valence-electron chi connectivity index (χ1n) is 7.75. The fourth-order valence-electron chi connectivity index (χ4n) is 2.75. The number of benzene rings is 1. The molecule has 2 unspecified atom stereocenters. The lowest BCUT2D eigenvalue weighted by atomic mass is 10.00. The van der Waals surface area contributed by atoms with Crippen LogP contribution in [0.25, 0.3) is 0 Å². The van der Waals surface area contributed by atoms with Gasteiger partial charge in [0.15, 0.2) is 0 Å². The molecule has 0 saturated heterocycles. The van der Waals surface area contributed by atoms with E-state index in [0.717, 1.165) is 42.6 Å². The van der Waals surface area contributed by atoms with Crippen molar-refractivity contribution < 1.29 is 8.42 Å². The van der Waals surface area contributed by atoms with Gasteiger partial charge in [0.1, 0.15) is 0 Å². The van der Waals surface area contributed by atoms with Gasteiger partial charge >= 0.3 is 0 Å². The fraction of sp³-hybridized carbons (Fsp3) is 0.625. The zero-order valence-corrected chi connectivity index (χ0v) is 14.2. The Labute approximate surface area is 128 Å². The first-order valence-corrected chi connectivity index (χ1v) is 9.23. The minimum Gasteiger partial charge on any atom is -0.385 e. The van der Waals surface area contributed by atoms with Crippen molar-refractivity contribution in [2.75, 3.05) is 11.9 Å². The van der Waals surface area contributed by atoms with Crippen LogP contribution in [0, 0.1) is 12.8 Å². The largest absolute Gasteiger partial charge is 0.385 e. The molecule has 0 spiro atoms. The molecule has 1 aromatic rings. The van der Waals surface area contributed by atoms with Crippen molar-refractivity contribution in [1.29, 1.82) is 0 Å². The van der Waals surface area contributed by atoms with Crippen LogP contribution in [-0.2, 0) is 16.4 Å². The number of hydrogen-bond acceptors (Lipinski definition) is 3. The van der Waals surface area contributed by atoms with Crippen LogP contribution >= 0.6 is 0 Å². The molecule has 118 valence electrons. The van der Waals surface area contributed by atoms with Gasteiger partial charge in [0.2, 0.25) is 10.0 Å². The lowest BCUT2D eigenvalue weighted by Crippen LogP contribution is -2.37. The molecule has 2 rings (SSSR count). The van der Waals surface area contributed by atoms with Crippen molar-refractivity contribution in [3.8, 4) is 0 Å². The third-order valence-corrected chi connectivity index (χ3v) is 6.16. The summed E-state index contributed by atoms with van der Waals surface area (Å²) in [6.45, 7) is 9.01. The van der Waals surface area contributed by atoms with E-state index in [0.29, 0.717) is 10.8 Å². The molecule has 1 aliphatic heterocycles. The molecule has 21 heavy (non-hydrogen) atoms. The van der Waals surface area contributed by atoms with Gasteiger partial charge < -0.3 is 5.32 Å². The molecule has 0 amide bonds. The van der Waals surface area contributed by atoms with Gasteiger partial charge in [0, 0.05) is 18.3 Å². The predicted octanol–water partition coefficient (Wildman–Crippen LogP) is 3.07. The summed E-state index contributed by atoms with van der Waals surface area (Å²) in [7, 11) is -3.46. The molecule has 0 saturated carbocycles. The van der Waals surface area contributed by atoms with Crippen LogP contribution in [0.5, 0.6) is 0 Å². The first kappa shape index (κ1) is 16.3. The highest BCUT2D eigenvalue weighted by Gasteiger charge is 2.26. The molecule has 2 N–H and O–H groups in total. The molecule has 0 bridgehead atoms. The standard InChI is InChI=1S/C16H26N2O2S/c1-5-11(2)13(4)18-21(19,20)15-9-8-12(3)16-14(15)7-6-10-17-16/h8-9,11,13,17-18H,5-7,10H2,1-4H3. The summed E-state index contributed by atoms with van der Waals surface area (Å²) in [4.78, 5) is 0.436. The summed E-state index contributed by atoms with van der Waals surface area (Å²) in [6.07, 6.45) is 2.75. The number of nitrogens with one attached hydrogen (secondary N) is 2. The molecule has 0 aromatic heterocycles. The van der Waals surface area contributed by atoms with Crippen molar-refractivity contribution in [3.05, 3.63) is 23.3 Å². The van der Waals surface area contributed by atoms with E-state index in [1.807, 2.05) is 19.9 Å². The number of sulfonamides is 1. The monoisotopic (exact) mass is 310 g/mol. The van der Waals surface area contributed by atoms with Gasteiger partial charge in [-0.15, -0.1) is 0 Å². The zero-order valence-electron chi connectivity index (χ0n) is 13.4. The minimum atomic E-state index is -3.46. The van der Waals surface area contributed by atoms with E-state index in [-0.39, 0.29) is 6.04 Å². The first-order chi connectivity index (χ1) is 9.86. The lowest BCUT2D eigenvalue weighted by molar-refractivity contribution is 0.434. The normalized spacial score (nSPS) is 17.7. The lowest BCUT2D eigenvalue weighted by Gasteiger charge is -2.25. The number of anilines is 1. The average molecular weight is 310 g/mol. The molecule has 0 fully saturated rings. The van der Waals surface area contributed by atoms with Gasteiger partial charge in [-0.1, -0.05) is 26.3 Å². The second-order valence-electron chi connectivity index (χ2n) is 6.06. The predicted molar refractivity (Wildman–Crippen MR) is 87.2 cm³/mol. The number of hydrogen-bond donors (Lipinski definition) is 2. The molecule has 1 aliphatic rings. The van der Waals surface area contributed by atoms with Crippen molar-refractivity contribution >= 4 is 15.7 Å². The molecule has 1 heterocycles. The Balaban J connectivity index is 2.37. The van der Waals surface area contributed by atoms with Gasteiger partial charge in [-0.3, -0.25) is 0 Å². The average Bonchev–Trinajstić information content (AvgIpc) is 2.46. The topological polar surface area (TPSA) is 58.2 Å². The van der Waals surface area contributed by atoms with Gasteiger partial charge in [-0.2, -0.15) is 0 Å². The van der Waals surface area contributed by atoms with Crippen molar-refractivity contribution in [1.82, 2.24) is 4.72 Å². The van der Waals surface area contributed by atoms with Crippen molar-refractivity contribution in [3.63, 3.8) is 0 Å². The Morgan fingerprint density at radius 2 is 2.05 bits per heavy atom. The van der Waals surface area contributed by atoms with E-state index in [2.05, 4.69) is 23.9 Å². The maximum absolute atomic E-state index is 12.7. The van der Waals surface area contributed by atoms with E-state index in [1.165, 1.54) is 0 Å². The second-order valence-corrected chi connectivity index (χ2v) is 7.74. The summed E-state index contributed by atoms with van der Waals surface area (Å²) in [5.41, 5.74) is 3.05. The van der Waals surface area contributed by atoms with Crippen LogP contribution in [0.15, 0.2) is 17.0 Å². The van der Waals surface area contributed by atoms with E-state index < -0.39 is 10.0 Å². The van der Waals surface area contributed by atoms with Crippen LogP contribution in [0.4, 0.5) is 5.69 Å². The van der Waals surface area contributed by atoms with Crippen LogP contribution in [-0.4, -0.2) is 21.0 Å². The van der Waals surface area contributed by atoms with E-state index in [9.17, 15) is 8.42 Å². The summed E-state index contributed by atoms with van der Waals surface area (Å²) >= 11 is 0. The van der Waals surface area contributed by atoms with Gasteiger partial charge in [0.25, 0.3) is 0 Å². The van der Waals surface area contributed by atoms with Crippen molar-refractivity contribution in [2.24, 2.45) is 5.92 Å². The summed E-state index contributed by atoms with van der Waals surface area (Å²) in [5, 5.41) is 3.34. The quantitative estimate of drug-likeness (QED) is 0.879. The maximum atomic E-state index is 12.7. The van der Waals surface area contributed by atoms with Gasteiger partial charge in [-0.05, 0) is 49.8 Å². The zero-order chi connectivity index (χ0) is 15.6. The van der Waals surface area contributed by atoms with Gasteiger partial charge in [-0.25, -0.2) is 13.1 Å². The SMILES string of the molecule is CCC(C)C(C)NS(=O)(=O)c1ccc(C)c2c1CCCN2. The Kier molecular flexibility index (Phi) is 4.94. The van der Waals surface area contributed by atoms with E-state index >= 15 is 0 Å². The highest BCUT2D eigenvalue weighted by Crippen LogP contribution is 2.31. The maximum Gasteiger partial charge on any atom is 0.241 e. The molecule has 0 radical (unpaired) electrons. The molecule has 5 heteroatoms. The highest BCUT2D eigenvalue weighted by molar-refractivity contribution is 7.89. The molecule has 0 aliphatic carbocycles. The Bertz CT molecular complexity index is 611. The highest BCUT2D eigenvalue weighted by atomic mass is 32.2. The van der Waals surface area contributed by atoms with Crippen molar-refractivity contribution in [2.45, 2.75) is 57.9 Å². The molecular weight excluding hydrogens is 284 g/mol.